The summed E-state index contributed by atoms with van der Waals surface area (Å²) in [5, 5.41) is 1.01. The lowest BCUT2D eigenvalue weighted by atomic mass is 10.0. The van der Waals surface area contributed by atoms with Gasteiger partial charge in [0.25, 0.3) is 0 Å². The molecule has 0 fully saturated rings. The first kappa shape index (κ1) is 29.9. The summed E-state index contributed by atoms with van der Waals surface area (Å²) >= 11 is 1.69. The fraction of sp³-hybridized carbons (Fsp3) is 0.222. The van der Waals surface area contributed by atoms with Crippen LogP contribution in [0.4, 0.5) is 0 Å². The van der Waals surface area contributed by atoms with Gasteiger partial charge in [-0.15, -0.1) is 11.3 Å². The van der Waals surface area contributed by atoms with Crippen LogP contribution in [0.3, 0.4) is 0 Å². The molecule has 0 aliphatic rings. The van der Waals surface area contributed by atoms with E-state index in [0.717, 1.165) is 51.4 Å². The second-order valence-corrected chi connectivity index (χ2v) is 11.2. The minimum absolute atomic E-state index is 0.0916. The van der Waals surface area contributed by atoms with Crippen LogP contribution in [0.15, 0.2) is 84.9 Å². The zero-order valence-corrected chi connectivity index (χ0v) is 25.7. The van der Waals surface area contributed by atoms with E-state index in [1.165, 1.54) is 4.70 Å². The van der Waals surface area contributed by atoms with E-state index in [9.17, 15) is 4.79 Å². The quantitative estimate of drug-likeness (QED) is 0.0773. The van der Waals surface area contributed by atoms with Crippen LogP contribution >= 0.6 is 11.3 Å². The first-order chi connectivity index (χ1) is 20.9. The second-order valence-electron chi connectivity index (χ2n) is 10.1. The number of allylic oxidation sites excluding steroid dienone is 1. The molecule has 7 heteroatoms. The highest BCUT2D eigenvalue weighted by Crippen LogP contribution is 2.31. The maximum absolute atomic E-state index is 12.8. The van der Waals surface area contributed by atoms with E-state index < -0.39 is 0 Å². The molecule has 0 N–H and O–H groups in total. The molecule has 0 saturated carbocycles. The second kappa shape index (κ2) is 14.0. The van der Waals surface area contributed by atoms with E-state index in [1.807, 2.05) is 68.4 Å². The van der Waals surface area contributed by atoms with Crippen LogP contribution in [-0.2, 0) is 0 Å². The molecular weight excluding hydrogens is 558 g/mol. The highest BCUT2D eigenvalue weighted by molar-refractivity contribution is 7.21. The number of ether oxygens (including phenoxy) is 4. The van der Waals surface area contributed by atoms with E-state index in [-0.39, 0.29) is 5.78 Å². The SMILES string of the molecule is COc1ccc(/C=C/C(=O)c2cc(C)c(C)c(OC)c2)cc1OCCCCOc1ccc(-c2nc3ccccc3s2)cc1. The molecule has 5 rings (SSSR count). The van der Waals surface area contributed by atoms with Gasteiger partial charge in [-0.3, -0.25) is 4.79 Å². The van der Waals surface area contributed by atoms with Gasteiger partial charge in [-0.05, 0) is 110 Å². The fourth-order valence-corrected chi connectivity index (χ4v) is 5.60. The number of para-hydroxylation sites is 1. The predicted octanol–water partition coefficient (Wildman–Crippen LogP) is 8.73. The smallest absolute Gasteiger partial charge is 0.185 e. The summed E-state index contributed by atoms with van der Waals surface area (Å²) in [6.07, 6.45) is 5.01. The van der Waals surface area contributed by atoms with E-state index in [4.69, 9.17) is 23.9 Å². The Morgan fingerprint density at radius 1 is 0.814 bits per heavy atom. The molecule has 0 aliphatic heterocycles. The van der Waals surface area contributed by atoms with Crippen LogP contribution in [0.2, 0.25) is 0 Å². The normalized spacial score (nSPS) is 11.2. The third-order valence-corrected chi connectivity index (χ3v) is 8.28. The number of hydrogen-bond donors (Lipinski definition) is 0. The number of unbranched alkanes of at least 4 members (excludes halogenated alkanes) is 1. The van der Waals surface area contributed by atoms with Crippen molar-refractivity contribution in [1.82, 2.24) is 4.98 Å². The van der Waals surface area contributed by atoms with Gasteiger partial charge >= 0.3 is 0 Å². The molecule has 4 aromatic carbocycles. The van der Waals surface area contributed by atoms with Gasteiger partial charge in [-0.2, -0.15) is 0 Å². The summed E-state index contributed by atoms with van der Waals surface area (Å²) in [7, 11) is 3.23. The molecule has 0 aliphatic carbocycles. The number of fused-ring (bicyclic) bond motifs is 1. The zero-order chi connectivity index (χ0) is 30.2. The number of aryl methyl sites for hydroxylation is 1. The Morgan fingerprint density at radius 2 is 1.56 bits per heavy atom. The average Bonchev–Trinajstić information content (AvgIpc) is 3.47. The summed E-state index contributed by atoms with van der Waals surface area (Å²) in [5.41, 5.74) is 5.59. The van der Waals surface area contributed by atoms with E-state index in [2.05, 4.69) is 18.2 Å². The monoisotopic (exact) mass is 593 g/mol. The van der Waals surface area contributed by atoms with Gasteiger partial charge in [0.15, 0.2) is 17.3 Å². The van der Waals surface area contributed by atoms with Crippen molar-refractivity contribution in [1.29, 1.82) is 0 Å². The van der Waals surface area contributed by atoms with Crippen LogP contribution in [0.5, 0.6) is 23.0 Å². The largest absolute Gasteiger partial charge is 0.496 e. The summed E-state index contributed by atoms with van der Waals surface area (Å²) < 4.78 is 24.1. The highest BCUT2D eigenvalue weighted by atomic mass is 32.1. The van der Waals surface area contributed by atoms with Crippen LogP contribution in [0, 0.1) is 13.8 Å². The molecule has 0 atom stereocenters. The molecule has 0 saturated heterocycles. The average molecular weight is 594 g/mol. The number of thiazole rings is 1. The lowest BCUT2D eigenvalue weighted by molar-refractivity contribution is 0.104. The molecule has 0 unspecified atom stereocenters. The molecule has 220 valence electrons. The number of methoxy groups -OCH3 is 2. The van der Waals surface area contributed by atoms with Crippen LogP contribution in [0.25, 0.3) is 26.9 Å². The summed E-state index contributed by atoms with van der Waals surface area (Å²) in [4.78, 5) is 17.6. The molecule has 0 radical (unpaired) electrons. The van der Waals surface area contributed by atoms with Crippen LogP contribution in [-0.4, -0.2) is 38.2 Å². The molecule has 0 amide bonds. The number of benzene rings is 4. The Balaban J connectivity index is 1.10. The summed E-state index contributed by atoms with van der Waals surface area (Å²) in [6.45, 7) is 5.06. The molecule has 6 nitrogen and oxygen atoms in total. The maximum atomic E-state index is 12.8. The van der Waals surface area contributed by atoms with Crippen molar-refractivity contribution in [2.75, 3.05) is 27.4 Å². The van der Waals surface area contributed by atoms with Crippen molar-refractivity contribution >= 4 is 33.4 Å². The summed E-state index contributed by atoms with van der Waals surface area (Å²) in [6, 6.07) is 25.5. The Hall–Kier alpha value is -4.62. The van der Waals surface area contributed by atoms with Crippen molar-refractivity contribution in [3.05, 3.63) is 107 Å². The summed E-state index contributed by atoms with van der Waals surface area (Å²) in [5.74, 6) is 2.73. The van der Waals surface area contributed by atoms with Gasteiger partial charge < -0.3 is 18.9 Å². The molecule has 1 aromatic heterocycles. The van der Waals surface area contributed by atoms with Crippen molar-refractivity contribution in [2.24, 2.45) is 0 Å². The third-order valence-electron chi connectivity index (χ3n) is 7.20. The lowest BCUT2D eigenvalue weighted by Crippen LogP contribution is -2.03. The van der Waals surface area contributed by atoms with Gasteiger partial charge in [0, 0.05) is 11.1 Å². The van der Waals surface area contributed by atoms with E-state index in [1.54, 1.807) is 43.8 Å². The number of carbonyl (C=O) groups excluding carboxylic acids is 1. The van der Waals surface area contributed by atoms with E-state index >= 15 is 0 Å². The molecule has 1 heterocycles. The van der Waals surface area contributed by atoms with Gasteiger partial charge in [-0.1, -0.05) is 24.3 Å². The number of nitrogens with zero attached hydrogens (tertiary/aromatic N) is 1. The van der Waals surface area contributed by atoms with Gasteiger partial charge in [0.1, 0.15) is 16.5 Å². The fourth-order valence-electron chi connectivity index (χ4n) is 4.62. The minimum atomic E-state index is -0.0916. The first-order valence-electron chi connectivity index (χ1n) is 14.2. The number of aromatic nitrogens is 1. The highest BCUT2D eigenvalue weighted by Gasteiger charge is 2.10. The standard InChI is InChI=1S/C36H35NO5S/c1-24-21-28(23-33(40-4)25(24)2)31(38)17-11-26-12-18-32(39-3)34(22-26)42-20-8-7-19-41-29-15-13-27(14-16-29)36-37-30-9-5-6-10-35(30)43-36/h5-6,9-18,21-23H,7-8,19-20H2,1-4H3/b17-11+. The van der Waals surface area contributed by atoms with Crippen molar-refractivity contribution in [3.63, 3.8) is 0 Å². The number of rotatable bonds is 13. The van der Waals surface area contributed by atoms with Gasteiger partial charge in [-0.25, -0.2) is 4.98 Å². The number of hydrogen-bond acceptors (Lipinski definition) is 7. The van der Waals surface area contributed by atoms with E-state index in [0.29, 0.717) is 36.0 Å². The Labute approximate surface area is 256 Å². The number of carbonyl (C=O) groups is 1. The van der Waals surface area contributed by atoms with Crippen molar-refractivity contribution in [2.45, 2.75) is 26.7 Å². The molecular formula is C36H35NO5S. The topological polar surface area (TPSA) is 66.9 Å². The van der Waals surface area contributed by atoms with Crippen LogP contribution < -0.4 is 18.9 Å². The Kier molecular flexibility index (Phi) is 9.74. The maximum Gasteiger partial charge on any atom is 0.185 e. The Morgan fingerprint density at radius 3 is 2.30 bits per heavy atom. The Bertz CT molecular complexity index is 1710. The number of ketones is 1. The first-order valence-corrected chi connectivity index (χ1v) is 15.0. The molecule has 43 heavy (non-hydrogen) atoms. The molecule has 5 aromatic rings. The van der Waals surface area contributed by atoms with Crippen molar-refractivity contribution < 1.29 is 23.7 Å². The molecule has 0 bridgehead atoms. The predicted molar refractivity (Wildman–Crippen MR) is 174 cm³/mol. The van der Waals surface area contributed by atoms with Gasteiger partial charge in [0.05, 0.1) is 37.6 Å². The lowest BCUT2D eigenvalue weighted by Gasteiger charge is -2.12. The third kappa shape index (κ3) is 7.43. The van der Waals surface area contributed by atoms with Crippen LogP contribution in [0.1, 0.15) is 39.9 Å². The zero-order valence-electron chi connectivity index (χ0n) is 24.9. The molecule has 0 spiro atoms. The minimum Gasteiger partial charge on any atom is -0.496 e. The van der Waals surface area contributed by atoms with Gasteiger partial charge in [0.2, 0.25) is 0 Å². The van der Waals surface area contributed by atoms with Crippen molar-refractivity contribution in [3.8, 4) is 33.6 Å².